The SMILES string of the molecule is Cc1cccc(N2CCN(C(=O)C(C)NC(=O)c3ccccc3)CC2)c1C. The molecule has 0 aromatic heterocycles. The van der Waals surface area contributed by atoms with E-state index in [1.165, 1.54) is 16.8 Å². The Morgan fingerprint density at radius 2 is 1.59 bits per heavy atom. The molecule has 0 spiro atoms. The van der Waals surface area contributed by atoms with Crippen LogP contribution < -0.4 is 10.2 Å². The van der Waals surface area contributed by atoms with E-state index in [0.717, 1.165) is 13.1 Å². The summed E-state index contributed by atoms with van der Waals surface area (Å²) in [6, 6.07) is 14.8. The van der Waals surface area contributed by atoms with Crippen LogP contribution in [0.15, 0.2) is 48.5 Å². The van der Waals surface area contributed by atoms with Crippen LogP contribution in [0.1, 0.15) is 28.4 Å². The first-order valence-corrected chi connectivity index (χ1v) is 9.43. The van der Waals surface area contributed by atoms with Crippen LogP contribution in [0.4, 0.5) is 5.69 Å². The number of amides is 2. The summed E-state index contributed by atoms with van der Waals surface area (Å²) in [5.41, 5.74) is 4.38. The summed E-state index contributed by atoms with van der Waals surface area (Å²) >= 11 is 0. The summed E-state index contributed by atoms with van der Waals surface area (Å²) in [7, 11) is 0. The summed E-state index contributed by atoms with van der Waals surface area (Å²) < 4.78 is 0. The Kier molecular flexibility index (Phi) is 5.79. The first kappa shape index (κ1) is 19.0. The Morgan fingerprint density at radius 1 is 0.926 bits per heavy atom. The van der Waals surface area contributed by atoms with Gasteiger partial charge in [-0.25, -0.2) is 0 Å². The molecule has 2 aromatic rings. The van der Waals surface area contributed by atoms with E-state index < -0.39 is 6.04 Å². The second-order valence-electron chi connectivity index (χ2n) is 7.09. The summed E-state index contributed by atoms with van der Waals surface area (Å²) in [6.07, 6.45) is 0. The van der Waals surface area contributed by atoms with Crippen molar-refractivity contribution in [3.63, 3.8) is 0 Å². The fourth-order valence-corrected chi connectivity index (χ4v) is 3.45. The van der Waals surface area contributed by atoms with Crippen molar-refractivity contribution in [2.45, 2.75) is 26.8 Å². The van der Waals surface area contributed by atoms with Gasteiger partial charge in [-0.05, 0) is 50.1 Å². The zero-order chi connectivity index (χ0) is 19.4. The van der Waals surface area contributed by atoms with Gasteiger partial charge in [0, 0.05) is 37.4 Å². The maximum absolute atomic E-state index is 12.7. The first-order valence-electron chi connectivity index (χ1n) is 9.43. The molecule has 2 aromatic carbocycles. The minimum atomic E-state index is -0.537. The standard InChI is InChI=1S/C22H27N3O2/c1-16-8-7-11-20(17(16)2)24-12-14-25(15-13-24)22(27)18(3)23-21(26)19-9-5-4-6-10-19/h4-11,18H,12-15H2,1-3H3,(H,23,26). The molecule has 3 rings (SSSR count). The highest BCUT2D eigenvalue weighted by Crippen LogP contribution is 2.24. The van der Waals surface area contributed by atoms with Crippen molar-refractivity contribution in [3.8, 4) is 0 Å². The summed E-state index contributed by atoms with van der Waals surface area (Å²) in [5, 5.41) is 2.81. The van der Waals surface area contributed by atoms with Crippen LogP contribution in [-0.4, -0.2) is 48.9 Å². The molecule has 5 heteroatoms. The molecule has 2 amide bonds. The van der Waals surface area contributed by atoms with Crippen molar-refractivity contribution in [2.75, 3.05) is 31.1 Å². The van der Waals surface area contributed by atoms with Gasteiger partial charge in [-0.1, -0.05) is 30.3 Å². The highest BCUT2D eigenvalue weighted by Gasteiger charge is 2.26. The van der Waals surface area contributed by atoms with Gasteiger partial charge < -0.3 is 15.1 Å². The quantitative estimate of drug-likeness (QED) is 0.906. The molecule has 1 saturated heterocycles. The third-order valence-corrected chi connectivity index (χ3v) is 5.26. The van der Waals surface area contributed by atoms with Gasteiger partial charge in [0.25, 0.3) is 5.91 Å². The molecule has 142 valence electrons. The van der Waals surface area contributed by atoms with E-state index in [2.05, 4.69) is 42.3 Å². The topological polar surface area (TPSA) is 52.6 Å². The van der Waals surface area contributed by atoms with E-state index in [1.54, 1.807) is 19.1 Å². The van der Waals surface area contributed by atoms with Crippen LogP contribution >= 0.6 is 0 Å². The number of nitrogens with zero attached hydrogens (tertiary/aromatic N) is 2. The molecule has 0 aliphatic carbocycles. The lowest BCUT2D eigenvalue weighted by molar-refractivity contribution is -0.133. The normalized spacial score (nSPS) is 15.4. The molecular weight excluding hydrogens is 338 g/mol. The highest BCUT2D eigenvalue weighted by molar-refractivity contribution is 5.97. The number of hydrogen-bond acceptors (Lipinski definition) is 3. The summed E-state index contributed by atoms with van der Waals surface area (Å²) in [5.74, 6) is -0.245. The molecule has 0 saturated carbocycles. The second kappa shape index (κ2) is 8.25. The molecule has 1 atom stereocenters. The molecular formula is C22H27N3O2. The Balaban J connectivity index is 1.56. The van der Waals surface area contributed by atoms with Gasteiger partial charge in [-0.2, -0.15) is 0 Å². The number of anilines is 1. The van der Waals surface area contributed by atoms with Crippen LogP contribution in [0.5, 0.6) is 0 Å². The number of carbonyl (C=O) groups excluding carboxylic acids is 2. The molecule has 1 unspecified atom stereocenters. The third-order valence-electron chi connectivity index (χ3n) is 5.26. The minimum Gasteiger partial charge on any atom is -0.368 e. The predicted molar refractivity (Wildman–Crippen MR) is 108 cm³/mol. The highest BCUT2D eigenvalue weighted by atomic mass is 16.2. The number of hydrogen-bond donors (Lipinski definition) is 1. The van der Waals surface area contributed by atoms with Gasteiger partial charge in [0.1, 0.15) is 6.04 Å². The molecule has 1 aliphatic rings. The van der Waals surface area contributed by atoms with Crippen molar-refractivity contribution >= 4 is 17.5 Å². The van der Waals surface area contributed by atoms with Gasteiger partial charge in [0.05, 0.1) is 0 Å². The molecule has 5 nitrogen and oxygen atoms in total. The number of benzene rings is 2. The van der Waals surface area contributed by atoms with E-state index in [1.807, 2.05) is 23.1 Å². The van der Waals surface area contributed by atoms with E-state index in [0.29, 0.717) is 18.7 Å². The zero-order valence-corrected chi connectivity index (χ0v) is 16.2. The van der Waals surface area contributed by atoms with Gasteiger partial charge >= 0.3 is 0 Å². The van der Waals surface area contributed by atoms with Crippen molar-refractivity contribution in [2.24, 2.45) is 0 Å². The fourth-order valence-electron chi connectivity index (χ4n) is 3.45. The first-order chi connectivity index (χ1) is 13.0. The molecule has 0 radical (unpaired) electrons. The summed E-state index contributed by atoms with van der Waals surface area (Å²) in [6.45, 7) is 8.94. The van der Waals surface area contributed by atoms with Gasteiger partial charge in [-0.3, -0.25) is 9.59 Å². The van der Waals surface area contributed by atoms with Gasteiger partial charge in [0.2, 0.25) is 5.91 Å². The number of rotatable bonds is 4. The van der Waals surface area contributed by atoms with Crippen molar-refractivity contribution in [3.05, 3.63) is 65.2 Å². The Morgan fingerprint density at radius 3 is 2.26 bits per heavy atom. The molecule has 1 N–H and O–H groups in total. The number of aryl methyl sites for hydroxylation is 1. The van der Waals surface area contributed by atoms with E-state index >= 15 is 0 Å². The van der Waals surface area contributed by atoms with Crippen molar-refractivity contribution in [1.82, 2.24) is 10.2 Å². The number of nitrogens with one attached hydrogen (secondary N) is 1. The fraction of sp³-hybridized carbons (Fsp3) is 0.364. The average molecular weight is 365 g/mol. The minimum absolute atomic E-state index is 0.0279. The Labute approximate surface area is 161 Å². The van der Waals surface area contributed by atoms with Crippen LogP contribution in [-0.2, 0) is 4.79 Å². The molecule has 0 bridgehead atoms. The average Bonchev–Trinajstić information content (AvgIpc) is 2.70. The van der Waals surface area contributed by atoms with Crippen LogP contribution in [0, 0.1) is 13.8 Å². The Bertz CT molecular complexity index is 812. The monoisotopic (exact) mass is 365 g/mol. The second-order valence-corrected chi connectivity index (χ2v) is 7.09. The lowest BCUT2D eigenvalue weighted by atomic mass is 10.1. The lowest BCUT2D eigenvalue weighted by Crippen LogP contribution is -2.54. The van der Waals surface area contributed by atoms with Crippen LogP contribution in [0.3, 0.4) is 0 Å². The van der Waals surface area contributed by atoms with E-state index in [-0.39, 0.29) is 11.8 Å². The lowest BCUT2D eigenvalue weighted by Gasteiger charge is -2.38. The predicted octanol–water partition coefficient (Wildman–Crippen LogP) is 2.77. The summed E-state index contributed by atoms with van der Waals surface area (Å²) in [4.78, 5) is 29.2. The van der Waals surface area contributed by atoms with E-state index in [4.69, 9.17) is 0 Å². The Hall–Kier alpha value is -2.82. The molecule has 1 aliphatic heterocycles. The van der Waals surface area contributed by atoms with Crippen LogP contribution in [0.2, 0.25) is 0 Å². The zero-order valence-electron chi connectivity index (χ0n) is 16.2. The number of carbonyl (C=O) groups is 2. The maximum atomic E-state index is 12.7. The van der Waals surface area contributed by atoms with Gasteiger partial charge in [0.15, 0.2) is 0 Å². The maximum Gasteiger partial charge on any atom is 0.251 e. The molecule has 27 heavy (non-hydrogen) atoms. The molecule has 1 fully saturated rings. The smallest absolute Gasteiger partial charge is 0.251 e. The molecule has 1 heterocycles. The number of piperazine rings is 1. The van der Waals surface area contributed by atoms with Crippen molar-refractivity contribution in [1.29, 1.82) is 0 Å². The third kappa shape index (κ3) is 4.30. The largest absolute Gasteiger partial charge is 0.368 e. The van der Waals surface area contributed by atoms with Gasteiger partial charge in [-0.15, -0.1) is 0 Å². The van der Waals surface area contributed by atoms with E-state index in [9.17, 15) is 9.59 Å². The van der Waals surface area contributed by atoms with Crippen molar-refractivity contribution < 1.29 is 9.59 Å². The van der Waals surface area contributed by atoms with Crippen LogP contribution in [0.25, 0.3) is 0 Å².